The van der Waals surface area contributed by atoms with Crippen molar-refractivity contribution in [3.8, 4) is 17.6 Å². The highest BCUT2D eigenvalue weighted by molar-refractivity contribution is 6.06. The fourth-order valence-corrected chi connectivity index (χ4v) is 2.62. The van der Waals surface area contributed by atoms with Gasteiger partial charge in [-0.1, -0.05) is 42.5 Å². The molecule has 0 heterocycles. The van der Waals surface area contributed by atoms with Crippen LogP contribution in [-0.4, -0.2) is 12.9 Å². The van der Waals surface area contributed by atoms with E-state index in [0.29, 0.717) is 29.2 Å². The molecule has 3 rings (SSSR count). The minimum Gasteiger partial charge on any atom is -0.493 e. The molecule has 0 bridgehead atoms. The van der Waals surface area contributed by atoms with Crippen molar-refractivity contribution >= 4 is 11.9 Å². The van der Waals surface area contributed by atoms with Gasteiger partial charge in [0.25, 0.3) is 0 Å². The van der Waals surface area contributed by atoms with Crippen LogP contribution < -0.4 is 9.47 Å². The Morgan fingerprint density at radius 3 is 2.43 bits per heavy atom. The molecule has 0 unspecified atom stereocenters. The van der Waals surface area contributed by atoms with Crippen LogP contribution >= 0.6 is 0 Å². The first kappa shape index (κ1) is 18.9. The van der Waals surface area contributed by atoms with Crippen molar-refractivity contribution in [2.75, 3.05) is 7.11 Å². The Hall–Kier alpha value is -3.84. The highest BCUT2D eigenvalue weighted by Gasteiger charge is 2.06. The number of hydrogen-bond acceptors (Lipinski definition) is 4. The van der Waals surface area contributed by atoms with Crippen LogP contribution in [0.3, 0.4) is 0 Å². The summed E-state index contributed by atoms with van der Waals surface area (Å²) in [5.41, 5.74) is 2.94. The van der Waals surface area contributed by atoms with Crippen molar-refractivity contribution < 1.29 is 14.3 Å². The molecule has 0 saturated carbocycles. The summed E-state index contributed by atoms with van der Waals surface area (Å²) in [6.45, 7) is 0.425. The zero-order chi connectivity index (χ0) is 19.8. The fourth-order valence-electron chi connectivity index (χ4n) is 2.62. The first-order chi connectivity index (χ1) is 13.7. The Labute approximate surface area is 164 Å². The van der Waals surface area contributed by atoms with Crippen molar-refractivity contribution in [2.24, 2.45) is 0 Å². The van der Waals surface area contributed by atoms with Crippen LogP contribution in [0, 0.1) is 11.3 Å². The Morgan fingerprint density at radius 1 is 1.00 bits per heavy atom. The Morgan fingerprint density at radius 2 is 1.75 bits per heavy atom. The molecule has 0 atom stereocenters. The number of carbonyl (C=O) groups is 1. The molecular weight excluding hydrogens is 350 g/mol. The summed E-state index contributed by atoms with van der Waals surface area (Å²) in [6.07, 6.45) is 3.24. The summed E-state index contributed by atoms with van der Waals surface area (Å²) >= 11 is 0. The summed E-state index contributed by atoms with van der Waals surface area (Å²) in [5.74, 6) is 1.11. The number of ketones is 1. The average molecular weight is 369 g/mol. The number of methoxy groups -OCH3 is 1. The lowest BCUT2D eigenvalue weighted by molar-refractivity contribution is 0.104. The molecule has 0 aliphatic heterocycles. The lowest BCUT2D eigenvalue weighted by atomic mass is 10.1. The van der Waals surface area contributed by atoms with Gasteiger partial charge in [0.05, 0.1) is 18.7 Å². The van der Waals surface area contributed by atoms with Gasteiger partial charge in [-0.05, 0) is 53.6 Å². The van der Waals surface area contributed by atoms with Gasteiger partial charge in [-0.3, -0.25) is 4.79 Å². The molecule has 0 amide bonds. The minimum atomic E-state index is -0.132. The van der Waals surface area contributed by atoms with E-state index >= 15 is 0 Å². The lowest BCUT2D eigenvalue weighted by Gasteiger charge is -2.11. The maximum Gasteiger partial charge on any atom is 0.185 e. The summed E-state index contributed by atoms with van der Waals surface area (Å²) < 4.78 is 11.3. The first-order valence-corrected chi connectivity index (χ1v) is 8.77. The number of allylic oxidation sites excluding steroid dienone is 1. The predicted molar refractivity (Wildman–Crippen MR) is 108 cm³/mol. The maximum absolute atomic E-state index is 12.3. The maximum atomic E-state index is 12.3. The highest BCUT2D eigenvalue weighted by atomic mass is 16.5. The van der Waals surface area contributed by atoms with E-state index in [2.05, 4.69) is 0 Å². The van der Waals surface area contributed by atoms with Crippen molar-refractivity contribution in [2.45, 2.75) is 6.61 Å². The van der Waals surface area contributed by atoms with Gasteiger partial charge in [-0.2, -0.15) is 5.26 Å². The van der Waals surface area contributed by atoms with Crippen LogP contribution in [0.1, 0.15) is 27.0 Å². The predicted octanol–water partition coefficient (Wildman–Crippen LogP) is 5.04. The van der Waals surface area contributed by atoms with Crippen LogP contribution in [0.2, 0.25) is 0 Å². The summed E-state index contributed by atoms with van der Waals surface area (Å²) in [5, 5.41) is 8.83. The van der Waals surface area contributed by atoms with Gasteiger partial charge in [-0.15, -0.1) is 0 Å². The van der Waals surface area contributed by atoms with Crippen LogP contribution in [0.4, 0.5) is 0 Å². The smallest absolute Gasteiger partial charge is 0.185 e. The van der Waals surface area contributed by atoms with Gasteiger partial charge >= 0.3 is 0 Å². The third-order valence-corrected chi connectivity index (χ3v) is 4.15. The molecule has 0 aromatic heterocycles. The van der Waals surface area contributed by atoms with E-state index in [1.165, 1.54) is 6.08 Å². The number of benzene rings is 3. The van der Waals surface area contributed by atoms with Gasteiger partial charge in [0.2, 0.25) is 0 Å². The number of hydrogen-bond donors (Lipinski definition) is 0. The summed E-state index contributed by atoms with van der Waals surface area (Å²) in [7, 11) is 1.59. The molecule has 3 aromatic rings. The highest BCUT2D eigenvalue weighted by Crippen LogP contribution is 2.29. The zero-order valence-electron chi connectivity index (χ0n) is 15.5. The molecule has 0 fully saturated rings. The molecule has 0 aliphatic rings. The monoisotopic (exact) mass is 369 g/mol. The minimum absolute atomic E-state index is 0.132. The van der Waals surface area contributed by atoms with E-state index in [9.17, 15) is 4.79 Å². The second kappa shape index (κ2) is 9.20. The quantitative estimate of drug-likeness (QED) is 0.432. The summed E-state index contributed by atoms with van der Waals surface area (Å²) in [4.78, 5) is 12.3. The molecule has 4 heteroatoms. The Bertz CT molecular complexity index is 1020. The number of rotatable bonds is 7. The fraction of sp³-hybridized carbons (Fsp3) is 0.0833. The SMILES string of the molecule is COc1ccc(/C=C/C(=O)c2ccc(C#N)cc2)cc1OCc1ccccc1. The van der Waals surface area contributed by atoms with E-state index in [1.807, 2.05) is 54.6 Å². The third kappa shape index (κ3) is 4.87. The number of nitriles is 1. The molecule has 0 aliphatic carbocycles. The molecule has 28 heavy (non-hydrogen) atoms. The van der Waals surface area contributed by atoms with E-state index < -0.39 is 0 Å². The van der Waals surface area contributed by atoms with Crippen LogP contribution in [-0.2, 0) is 6.61 Å². The van der Waals surface area contributed by atoms with Gasteiger partial charge in [-0.25, -0.2) is 0 Å². The molecule has 4 nitrogen and oxygen atoms in total. The second-order valence-corrected chi connectivity index (χ2v) is 6.07. The van der Waals surface area contributed by atoms with Crippen LogP contribution in [0.25, 0.3) is 6.08 Å². The van der Waals surface area contributed by atoms with Crippen molar-refractivity contribution in [3.05, 3.63) is 101 Å². The van der Waals surface area contributed by atoms with Crippen molar-refractivity contribution in [1.82, 2.24) is 0 Å². The number of nitrogens with zero attached hydrogens (tertiary/aromatic N) is 1. The normalized spacial score (nSPS) is 10.4. The largest absolute Gasteiger partial charge is 0.493 e. The Balaban J connectivity index is 1.73. The third-order valence-electron chi connectivity index (χ3n) is 4.15. The van der Waals surface area contributed by atoms with Crippen molar-refractivity contribution in [1.29, 1.82) is 5.26 Å². The molecule has 0 saturated heterocycles. The standard InChI is InChI=1S/C24H19NO3/c1-27-23-14-10-18(15-24(23)28-17-20-5-3-2-4-6-20)9-13-22(26)21-11-7-19(16-25)8-12-21/h2-15H,17H2,1H3/b13-9+. The van der Waals surface area contributed by atoms with Gasteiger partial charge in [0, 0.05) is 5.56 Å². The molecular formula is C24H19NO3. The first-order valence-electron chi connectivity index (χ1n) is 8.77. The topological polar surface area (TPSA) is 59.3 Å². The van der Waals surface area contributed by atoms with E-state index in [-0.39, 0.29) is 5.78 Å². The average Bonchev–Trinajstić information content (AvgIpc) is 2.76. The van der Waals surface area contributed by atoms with E-state index in [1.54, 1.807) is 37.5 Å². The number of carbonyl (C=O) groups excluding carboxylic acids is 1. The van der Waals surface area contributed by atoms with E-state index in [4.69, 9.17) is 14.7 Å². The van der Waals surface area contributed by atoms with Crippen LogP contribution in [0.15, 0.2) is 78.9 Å². The second-order valence-electron chi connectivity index (χ2n) is 6.07. The summed E-state index contributed by atoms with van der Waals surface area (Å²) in [6, 6.07) is 24.0. The van der Waals surface area contributed by atoms with Gasteiger partial charge < -0.3 is 9.47 Å². The molecule has 138 valence electrons. The van der Waals surface area contributed by atoms with Crippen molar-refractivity contribution in [3.63, 3.8) is 0 Å². The Kier molecular flexibility index (Phi) is 6.22. The zero-order valence-corrected chi connectivity index (χ0v) is 15.5. The van der Waals surface area contributed by atoms with Gasteiger partial charge in [0.15, 0.2) is 17.3 Å². The molecule has 3 aromatic carbocycles. The number of ether oxygens (including phenoxy) is 2. The van der Waals surface area contributed by atoms with E-state index in [0.717, 1.165) is 11.1 Å². The molecule has 0 spiro atoms. The molecule has 0 radical (unpaired) electrons. The van der Waals surface area contributed by atoms with Gasteiger partial charge in [0.1, 0.15) is 6.61 Å². The molecule has 0 N–H and O–H groups in total. The van der Waals surface area contributed by atoms with Crippen LogP contribution in [0.5, 0.6) is 11.5 Å². The lowest BCUT2D eigenvalue weighted by Crippen LogP contribution is -1.98.